The highest BCUT2D eigenvalue weighted by molar-refractivity contribution is 5.97. The number of rotatable bonds is 1. The lowest BCUT2D eigenvalue weighted by Crippen LogP contribution is -2.16. The number of hydrogen-bond donors (Lipinski definition) is 3. The number of benzene rings is 1. The quantitative estimate of drug-likeness (QED) is 0.256. The number of hydrogen-bond acceptors (Lipinski definition) is 3. The van der Waals surface area contributed by atoms with Crippen molar-refractivity contribution >= 4 is 5.84 Å². The van der Waals surface area contributed by atoms with E-state index >= 15 is 0 Å². The van der Waals surface area contributed by atoms with Gasteiger partial charge < -0.3 is 17.3 Å². The van der Waals surface area contributed by atoms with Gasteiger partial charge >= 0.3 is 0 Å². The van der Waals surface area contributed by atoms with E-state index in [9.17, 15) is 0 Å². The third-order valence-corrected chi connectivity index (χ3v) is 2.70. The van der Waals surface area contributed by atoms with Crippen molar-refractivity contribution in [1.82, 2.24) is 0 Å². The maximum atomic E-state index is 5.92. The minimum atomic E-state index is 0.176. The van der Waals surface area contributed by atoms with Crippen LogP contribution in [0.5, 0.6) is 0 Å². The van der Waals surface area contributed by atoms with Crippen LogP contribution < -0.4 is 17.3 Å². The highest BCUT2D eigenvalue weighted by atomic mass is 15.1. The van der Waals surface area contributed by atoms with E-state index in [1.807, 2.05) is 18.2 Å². The van der Waals surface area contributed by atoms with Crippen LogP contribution >= 0.6 is 0 Å². The lowest BCUT2D eigenvalue weighted by atomic mass is 10.0. The van der Waals surface area contributed by atoms with Crippen molar-refractivity contribution < 1.29 is 0 Å². The van der Waals surface area contributed by atoms with Crippen LogP contribution in [0, 0.1) is 0 Å². The van der Waals surface area contributed by atoms with Crippen molar-refractivity contribution in [3.05, 3.63) is 34.9 Å². The van der Waals surface area contributed by atoms with Crippen LogP contribution in [0.15, 0.2) is 23.3 Å². The van der Waals surface area contributed by atoms with Crippen LogP contribution in [0.4, 0.5) is 0 Å². The second-order valence-corrected chi connectivity index (χ2v) is 3.57. The van der Waals surface area contributed by atoms with Gasteiger partial charge in [0.1, 0.15) is 5.84 Å². The Morgan fingerprint density at radius 1 is 1.43 bits per heavy atom. The lowest BCUT2D eigenvalue weighted by Gasteiger charge is -2.06. The van der Waals surface area contributed by atoms with Gasteiger partial charge in [0, 0.05) is 11.6 Å². The maximum absolute atomic E-state index is 5.92. The Bertz CT molecular complexity index is 384. The number of hydrazone groups is 1. The SMILES string of the molecule is N/N=C(\N)c1ccc2c(c1)CC[C@H]2N. The van der Waals surface area contributed by atoms with E-state index in [0.29, 0.717) is 5.84 Å². The molecule has 1 aliphatic rings. The van der Waals surface area contributed by atoms with Crippen LogP contribution in [0.1, 0.15) is 29.2 Å². The van der Waals surface area contributed by atoms with Crippen LogP contribution in [0.25, 0.3) is 0 Å². The molecule has 1 aromatic carbocycles. The van der Waals surface area contributed by atoms with E-state index in [1.165, 1.54) is 11.1 Å². The minimum Gasteiger partial charge on any atom is -0.382 e. The molecule has 0 amide bonds. The fraction of sp³-hybridized carbons (Fsp3) is 0.300. The molecular weight excluding hydrogens is 176 g/mol. The van der Waals surface area contributed by atoms with Crippen molar-refractivity contribution in [2.75, 3.05) is 0 Å². The molecule has 1 atom stereocenters. The smallest absolute Gasteiger partial charge is 0.150 e. The molecule has 1 aromatic rings. The van der Waals surface area contributed by atoms with Crippen molar-refractivity contribution in [3.8, 4) is 0 Å². The predicted molar refractivity (Wildman–Crippen MR) is 56.6 cm³/mol. The third kappa shape index (κ3) is 1.33. The molecule has 0 radical (unpaired) electrons. The molecule has 0 unspecified atom stereocenters. The Balaban J connectivity index is 2.42. The summed E-state index contributed by atoms with van der Waals surface area (Å²) in [6, 6.07) is 6.12. The molecule has 0 aliphatic heterocycles. The second-order valence-electron chi connectivity index (χ2n) is 3.57. The molecule has 4 heteroatoms. The summed E-state index contributed by atoms with van der Waals surface area (Å²) >= 11 is 0. The van der Waals surface area contributed by atoms with Crippen molar-refractivity contribution in [1.29, 1.82) is 0 Å². The first-order valence-electron chi connectivity index (χ1n) is 4.64. The van der Waals surface area contributed by atoms with Gasteiger partial charge in [0.05, 0.1) is 0 Å². The van der Waals surface area contributed by atoms with E-state index in [0.717, 1.165) is 18.4 Å². The Labute approximate surface area is 82.8 Å². The van der Waals surface area contributed by atoms with Gasteiger partial charge in [0.2, 0.25) is 0 Å². The topological polar surface area (TPSA) is 90.4 Å². The molecule has 0 heterocycles. The number of amidine groups is 1. The first-order chi connectivity index (χ1) is 6.72. The number of nitrogens with two attached hydrogens (primary N) is 3. The van der Waals surface area contributed by atoms with Crippen molar-refractivity contribution in [2.24, 2.45) is 22.4 Å². The molecule has 14 heavy (non-hydrogen) atoms. The van der Waals surface area contributed by atoms with Crippen molar-refractivity contribution in [2.45, 2.75) is 18.9 Å². The monoisotopic (exact) mass is 190 g/mol. The molecule has 0 saturated carbocycles. The summed E-state index contributed by atoms with van der Waals surface area (Å²) in [7, 11) is 0. The van der Waals surface area contributed by atoms with Gasteiger partial charge in [-0.05, 0) is 30.0 Å². The van der Waals surface area contributed by atoms with Gasteiger partial charge in [-0.3, -0.25) is 0 Å². The molecular formula is C10H14N4. The molecule has 6 N–H and O–H groups in total. The first kappa shape index (κ1) is 9.02. The molecule has 0 saturated heterocycles. The Hall–Kier alpha value is -1.55. The zero-order chi connectivity index (χ0) is 10.1. The van der Waals surface area contributed by atoms with Crippen LogP contribution in [-0.2, 0) is 6.42 Å². The summed E-state index contributed by atoms with van der Waals surface area (Å²) < 4.78 is 0. The molecule has 0 fully saturated rings. The van der Waals surface area contributed by atoms with Gasteiger partial charge in [-0.1, -0.05) is 12.1 Å². The Morgan fingerprint density at radius 3 is 2.93 bits per heavy atom. The standard InChI is InChI=1S/C10H14N4/c11-9-4-2-6-5-7(10(12)14-13)1-3-8(6)9/h1,3,5,9H,2,4,11,13H2,(H2,12,14)/t9-/m1/s1. The molecule has 2 rings (SSSR count). The van der Waals surface area contributed by atoms with Crippen molar-refractivity contribution in [3.63, 3.8) is 0 Å². The first-order valence-corrected chi connectivity index (χ1v) is 4.64. The van der Waals surface area contributed by atoms with Gasteiger partial charge in [0.25, 0.3) is 0 Å². The van der Waals surface area contributed by atoms with Gasteiger partial charge in [0.15, 0.2) is 0 Å². The largest absolute Gasteiger partial charge is 0.382 e. The summed E-state index contributed by atoms with van der Waals surface area (Å²) in [5.74, 6) is 5.48. The zero-order valence-electron chi connectivity index (χ0n) is 7.90. The zero-order valence-corrected chi connectivity index (χ0v) is 7.90. The van der Waals surface area contributed by atoms with E-state index in [4.69, 9.17) is 17.3 Å². The summed E-state index contributed by atoms with van der Waals surface area (Å²) in [5, 5.41) is 3.47. The molecule has 0 bridgehead atoms. The number of nitrogens with zero attached hydrogens (tertiary/aromatic N) is 1. The van der Waals surface area contributed by atoms with Gasteiger partial charge in [-0.25, -0.2) is 0 Å². The average molecular weight is 190 g/mol. The Kier molecular flexibility index (Phi) is 2.13. The highest BCUT2D eigenvalue weighted by Crippen LogP contribution is 2.29. The average Bonchev–Trinajstić information content (AvgIpc) is 2.59. The summed E-state index contributed by atoms with van der Waals surface area (Å²) in [6.07, 6.45) is 2.03. The number of fused-ring (bicyclic) bond motifs is 1. The van der Waals surface area contributed by atoms with E-state index in [2.05, 4.69) is 5.10 Å². The summed E-state index contributed by atoms with van der Waals surface area (Å²) in [5.41, 5.74) is 14.9. The van der Waals surface area contributed by atoms with E-state index in [-0.39, 0.29) is 6.04 Å². The van der Waals surface area contributed by atoms with Crippen LogP contribution in [0.2, 0.25) is 0 Å². The molecule has 74 valence electrons. The van der Waals surface area contributed by atoms with Crippen LogP contribution in [-0.4, -0.2) is 5.84 Å². The second kappa shape index (κ2) is 3.31. The fourth-order valence-electron chi connectivity index (χ4n) is 1.88. The lowest BCUT2D eigenvalue weighted by molar-refractivity contribution is 0.713. The number of aryl methyl sites for hydroxylation is 1. The van der Waals surface area contributed by atoms with Crippen LogP contribution in [0.3, 0.4) is 0 Å². The molecule has 1 aliphatic carbocycles. The summed E-state index contributed by atoms with van der Waals surface area (Å²) in [4.78, 5) is 0. The molecule has 0 spiro atoms. The Morgan fingerprint density at radius 2 is 2.21 bits per heavy atom. The summed E-state index contributed by atoms with van der Waals surface area (Å²) in [6.45, 7) is 0. The fourth-order valence-corrected chi connectivity index (χ4v) is 1.88. The maximum Gasteiger partial charge on any atom is 0.150 e. The predicted octanol–water partition coefficient (Wildman–Crippen LogP) is 0.212. The third-order valence-electron chi connectivity index (χ3n) is 2.70. The highest BCUT2D eigenvalue weighted by Gasteiger charge is 2.19. The molecule has 0 aromatic heterocycles. The van der Waals surface area contributed by atoms with Gasteiger partial charge in [-0.2, -0.15) is 5.10 Å². The van der Waals surface area contributed by atoms with Gasteiger partial charge in [-0.15, -0.1) is 0 Å². The minimum absolute atomic E-state index is 0.176. The molecule has 4 nitrogen and oxygen atoms in total. The van der Waals surface area contributed by atoms with E-state index in [1.54, 1.807) is 0 Å². The normalized spacial score (nSPS) is 20.9. The van der Waals surface area contributed by atoms with E-state index < -0.39 is 0 Å².